The molecule has 0 radical (unpaired) electrons. The molecule has 1 heterocycles. The lowest BCUT2D eigenvalue weighted by molar-refractivity contribution is 0.269. The van der Waals surface area contributed by atoms with Crippen molar-refractivity contribution >= 4 is 27.6 Å². The number of hydrogen-bond donors (Lipinski definition) is 2. The SMILES string of the molecule is CCCNc1ncnc(NCC(C)(C)C(C)C)c1Br. The molecule has 0 unspecified atom stereocenters. The first-order valence-corrected chi connectivity index (χ1v) is 7.66. The average molecular weight is 329 g/mol. The van der Waals surface area contributed by atoms with Gasteiger partial charge in [0.25, 0.3) is 0 Å². The van der Waals surface area contributed by atoms with Crippen LogP contribution in [0.4, 0.5) is 11.6 Å². The second-order valence-corrected chi connectivity index (χ2v) is 6.60. The van der Waals surface area contributed by atoms with Crippen LogP contribution in [0.1, 0.15) is 41.0 Å². The van der Waals surface area contributed by atoms with Gasteiger partial charge in [-0.05, 0) is 33.7 Å². The summed E-state index contributed by atoms with van der Waals surface area (Å²) >= 11 is 3.57. The maximum Gasteiger partial charge on any atom is 0.145 e. The number of anilines is 2. The van der Waals surface area contributed by atoms with E-state index < -0.39 is 0 Å². The van der Waals surface area contributed by atoms with Crippen LogP contribution in [0.5, 0.6) is 0 Å². The van der Waals surface area contributed by atoms with Crippen molar-refractivity contribution < 1.29 is 0 Å². The monoisotopic (exact) mass is 328 g/mol. The van der Waals surface area contributed by atoms with Gasteiger partial charge >= 0.3 is 0 Å². The third kappa shape index (κ3) is 4.64. The van der Waals surface area contributed by atoms with Crippen LogP contribution in [0, 0.1) is 11.3 Å². The first-order chi connectivity index (χ1) is 8.88. The number of hydrogen-bond acceptors (Lipinski definition) is 4. The Hall–Kier alpha value is -0.840. The Morgan fingerprint density at radius 3 is 2.32 bits per heavy atom. The molecule has 0 saturated carbocycles. The van der Waals surface area contributed by atoms with Crippen LogP contribution in [-0.4, -0.2) is 23.1 Å². The van der Waals surface area contributed by atoms with Gasteiger partial charge in [-0.2, -0.15) is 0 Å². The summed E-state index contributed by atoms with van der Waals surface area (Å²) in [5.74, 6) is 2.31. The van der Waals surface area contributed by atoms with Gasteiger partial charge in [0.2, 0.25) is 0 Å². The molecule has 0 aliphatic heterocycles. The van der Waals surface area contributed by atoms with E-state index in [0.29, 0.717) is 5.92 Å². The maximum atomic E-state index is 4.30. The Morgan fingerprint density at radius 2 is 1.79 bits per heavy atom. The van der Waals surface area contributed by atoms with E-state index in [0.717, 1.165) is 35.6 Å². The predicted molar refractivity (Wildman–Crippen MR) is 85.6 cm³/mol. The summed E-state index contributed by atoms with van der Waals surface area (Å²) < 4.78 is 0.906. The van der Waals surface area contributed by atoms with Gasteiger partial charge in [-0.3, -0.25) is 0 Å². The van der Waals surface area contributed by atoms with E-state index in [4.69, 9.17) is 0 Å². The van der Waals surface area contributed by atoms with Crippen LogP contribution in [0.15, 0.2) is 10.8 Å². The molecule has 0 fully saturated rings. The topological polar surface area (TPSA) is 49.8 Å². The highest BCUT2D eigenvalue weighted by molar-refractivity contribution is 9.10. The maximum absolute atomic E-state index is 4.30. The van der Waals surface area contributed by atoms with E-state index >= 15 is 0 Å². The number of halogens is 1. The number of nitrogens with one attached hydrogen (secondary N) is 2. The van der Waals surface area contributed by atoms with Gasteiger partial charge in [0.15, 0.2) is 0 Å². The molecule has 0 aliphatic rings. The molecule has 0 amide bonds. The fraction of sp³-hybridized carbons (Fsp3) is 0.714. The van der Waals surface area contributed by atoms with Crippen LogP contribution >= 0.6 is 15.9 Å². The Morgan fingerprint density at radius 1 is 1.21 bits per heavy atom. The minimum Gasteiger partial charge on any atom is -0.369 e. The lowest BCUT2D eigenvalue weighted by Gasteiger charge is -2.29. The fourth-order valence-corrected chi connectivity index (χ4v) is 1.86. The van der Waals surface area contributed by atoms with Crippen molar-refractivity contribution in [3.8, 4) is 0 Å². The largest absolute Gasteiger partial charge is 0.369 e. The molecule has 4 nitrogen and oxygen atoms in total. The standard InChI is InChI=1S/C14H25BrN4/c1-6-7-16-12-11(15)13(19-9-18-12)17-8-14(4,5)10(2)3/h9-10H,6-8H2,1-5H3,(H2,16,17,18,19). The smallest absolute Gasteiger partial charge is 0.145 e. The lowest BCUT2D eigenvalue weighted by atomic mass is 9.81. The number of rotatable bonds is 7. The van der Waals surface area contributed by atoms with Crippen LogP contribution in [0.3, 0.4) is 0 Å². The van der Waals surface area contributed by atoms with Crippen molar-refractivity contribution in [3.05, 3.63) is 10.8 Å². The van der Waals surface area contributed by atoms with Crippen LogP contribution in [0.2, 0.25) is 0 Å². The van der Waals surface area contributed by atoms with Crippen molar-refractivity contribution in [2.24, 2.45) is 11.3 Å². The molecular weight excluding hydrogens is 304 g/mol. The quantitative estimate of drug-likeness (QED) is 0.789. The molecule has 1 aromatic rings. The second-order valence-electron chi connectivity index (χ2n) is 5.81. The van der Waals surface area contributed by atoms with Gasteiger partial charge in [-0.1, -0.05) is 34.6 Å². The third-order valence-electron chi connectivity index (χ3n) is 3.61. The van der Waals surface area contributed by atoms with Crippen LogP contribution in [0.25, 0.3) is 0 Å². The summed E-state index contributed by atoms with van der Waals surface area (Å²) in [7, 11) is 0. The molecule has 1 aromatic heterocycles. The molecule has 5 heteroatoms. The van der Waals surface area contributed by atoms with Crippen LogP contribution < -0.4 is 10.6 Å². The van der Waals surface area contributed by atoms with Gasteiger partial charge in [-0.15, -0.1) is 0 Å². The highest BCUT2D eigenvalue weighted by Gasteiger charge is 2.22. The van der Waals surface area contributed by atoms with Crippen molar-refractivity contribution in [1.29, 1.82) is 0 Å². The molecule has 0 aromatic carbocycles. The lowest BCUT2D eigenvalue weighted by Crippen LogP contribution is -2.29. The van der Waals surface area contributed by atoms with Crippen molar-refractivity contribution in [2.75, 3.05) is 23.7 Å². The first kappa shape index (κ1) is 16.2. The predicted octanol–water partition coefficient (Wildman–Crippen LogP) is 4.16. The summed E-state index contributed by atoms with van der Waals surface area (Å²) in [4.78, 5) is 8.55. The molecule has 0 bridgehead atoms. The minimum absolute atomic E-state index is 0.224. The normalized spacial score (nSPS) is 11.7. The summed E-state index contributed by atoms with van der Waals surface area (Å²) in [6, 6.07) is 0. The summed E-state index contributed by atoms with van der Waals surface area (Å²) in [6.45, 7) is 12.9. The summed E-state index contributed by atoms with van der Waals surface area (Å²) in [6.07, 6.45) is 2.66. The van der Waals surface area contributed by atoms with Crippen molar-refractivity contribution in [3.63, 3.8) is 0 Å². The molecule has 2 N–H and O–H groups in total. The molecule has 108 valence electrons. The Kier molecular flexibility index (Phi) is 6.04. The fourth-order valence-electron chi connectivity index (χ4n) is 1.38. The molecule has 0 saturated heterocycles. The van der Waals surface area contributed by atoms with Gasteiger partial charge in [-0.25, -0.2) is 9.97 Å². The Bertz CT molecular complexity index is 404. The zero-order valence-corrected chi connectivity index (χ0v) is 14.1. The minimum atomic E-state index is 0.224. The van der Waals surface area contributed by atoms with E-state index in [1.54, 1.807) is 6.33 Å². The van der Waals surface area contributed by atoms with E-state index in [-0.39, 0.29) is 5.41 Å². The number of nitrogens with zero attached hydrogens (tertiary/aromatic N) is 2. The Balaban J connectivity index is 2.74. The van der Waals surface area contributed by atoms with Gasteiger partial charge in [0.05, 0.1) is 0 Å². The number of aromatic nitrogens is 2. The van der Waals surface area contributed by atoms with Gasteiger partial charge in [0.1, 0.15) is 22.4 Å². The first-order valence-electron chi connectivity index (χ1n) is 6.86. The summed E-state index contributed by atoms with van der Waals surface area (Å²) in [5.41, 5.74) is 0.224. The molecule has 1 rings (SSSR count). The van der Waals surface area contributed by atoms with Crippen LogP contribution in [-0.2, 0) is 0 Å². The highest BCUT2D eigenvalue weighted by Crippen LogP contribution is 2.30. The van der Waals surface area contributed by atoms with Crippen molar-refractivity contribution in [2.45, 2.75) is 41.0 Å². The van der Waals surface area contributed by atoms with E-state index in [1.807, 2.05) is 0 Å². The summed E-state index contributed by atoms with van der Waals surface area (Å²) in [5, 5.41) is 6.70. The second kappa shape index (κ2) is 7.08. The molecule has 0 spiro atoms. The third-order valence-corrected chi connectivity index (χ3v) is 4.36. The molecule has 19 heavy (non-hydrogen) atoms. The van der Waals surface area contributed by atoms with E-state index in [1.165, 1.54) is 0 Å². The highest BCUT2D eigenvalue weighted by atomic mass is 79.9. The van der Waals surface area contributed by atoms with E-state index in [2.05, 4.69) is 71.2 Å². The van der Waals surface area contributed by atoms with Gasteiger partial charge < -0.3 is 10.6 Å². The van der Waals surface area contributed by atoms with Gasteiger partial charge in [0, 0.05) is 13.1 Å². The average Bonchev–Trinajstić information content (AvgIpc) is 2.36. The molecular formula is C14H25BrN4. The Labute approximate surface area is 124 Å². The zero-order chi connectivity index (χ0) is 14.5. The van der Waals surface area contributed by atoms with E-state index in [9.17, 15) is 0 Å². The zero-order valence-electron chi connectivity index (χ0n) is 12.5. The molecule has 0 atom stereocenters. The van der Waals surface area contributed by atoms with Crippen molar-refractivity contribution in [1.82, 2.24) is 9.97 Å². The molecule has 0 aliphatic carbocycles.